The smallest absolute Gasteiger partial charge is 0.350 e. The van der Waals surface area contributed by atoms with E-state index in [0.29, 0.717) is 15.4 Å². The molecule has 0 aromatic carbocycles. The van der Waals surface area contributed by atoms with Crippen LogP contribution in [0, 0.1) is 6.92 Å². The van der Waals surface area contributed by atoms with Gasteiger partial charge in [0.1, 0.15) is 11.4 Å². The minimum absolute atomic E-state index is 0.113. The SMILES string of the molecule is CCOC(=O)c1s/c(=N\C(=S)NC(=O)CN2C(=O)CCC2=O)n(C)c1C. The molecule has 11 heteroatoms. The fraction of sp³-hybridized carbons (Fsp3) is 0.467. The van der Waals surface area contributed by atoms with Gasteiger partial charge in [-0.3, -0.25) is 24.6 Å². The average molecular weight is 398 g/mol. The summed E-state index contributed by atoms with van der Waals surface area (Å²) in [5, 5.41) is 2.24. The van der Waals surface area contributed by atoms with E-state index in [9.17, 15) is 19.2 Å². The van der Waals surface area contributed by atoms with E-state index in [0.717, 1.165) is 16.2 Å². The lowest BCUT2D eigenvalue weighted by molar-refractivity contribution is -0.142. The Morgan fingerprint density at radius 3 is 2.50 bits per heavy atom. The minimum Gasteiger partial charge on any atom is -0.462 e. The molecule has 1 N–H and O–H groups in total. The van der Waals surface area contributed by atoms with Crippen LogP contribution in [0.3, 0.4) is 0 Å². The van der Waals surface area contributed by atoms with Crippen molar-refractivity contribution in [2.45, 2.75) is 26.7 Å². The van der Waals surface area contributed by atoms with E-state index in [1.807, 2.05) is 0 Å². The van der Waals surface area contributed by atoms with E-state index in [1.54, 1.807) is 25.5 Å². The van der Waals surface area contributed by atoms with Gasteiger partial charge in [-0.05, 0) is 26.1 Å². The number of ether oxygens (including phenoxy) is 1. The van der Waals surface area contributed by atoms with Crippen LogP contribution in [-0.4, -0.2) is 51.4 Å². The fourth-order valence-corrected chi connectivity index (χ4v) is 3.51. The van der Waals surface area contributed by atoms with Gasteiger partial charge in [0.2, 0.25) is 22.8 Å². The summed E-state index contributed by atoms with van der Waals surface area (Å²) in [7, 11) is 1.71. The molecule has 9 nitrogen and oxygen atoms in total. The molecular formula is C15H18N4O5S2. The maximum Gasteiger partial charge on any atom is 0.350 e. The summed E-state index contributed by atoms with van der Waals surface area (Å²) in [5.74, 6) is -1.82. The number of carbonyl (C=O) groups is 4. The number of imide groups is 1. The number of hydrogen-bond donors (Lipinski definition) is 1. The van der Waals surface area contributed by atoms with Gasteiger partial charge in [0, 0.05) is 25.6 Å². The quantitative estimate of drug-likeness (QED) is 0.435. The van der Waals surface area contributed by atoms with Crippen LogP contribution in [0.4, 0.5) is 0 Å². The summed E-state index contributed by atoms with van der Waals surface area (Å²) in [5.41, 5.74) is 0.662. The highest BCUT2D eigenvalue weighted by atomic mass is 32.1. The van der Waals surface area contributed by atoms with Gasteiger partial charge in [0.05, 0.1) is 6.61 Å². The Morgan fingerprint density at radius 2 is 1.92 bits per heavy atom. The van der Waals surface area contributed by atoms with Crippen molar-refractivity contribution >= 4 is 52.4 Å². The van der Waals surface area contributed by atoms with E-state index in [1.165, 1.54) is 0 Å². The van der Waals surface area contributed by atoms with Crippen molar-refractivity contribution in [2.24, 2.45) is 12.0 Å². The second kappa shape index (κ2) is 8.32. The molecule has 26 heavy (non-hydrogen) atoms. The monoisotopic (exact) mass is 398 g/mol. The molecule has 1 saturated heterocycles. The number of carbonyl (C=O) groups excluding carboxylic acids is 4. The molecule has 1 aliphatic rings. The van der Waals surface area contributed by atoms with Gasteiger partial charge in [-0.1, -0.05) is 11.3 Å². The standard InChI is InChI=1S/C15H18N4O5S2/c1-4-24-13(23)12-8(2)18(3)15(26-12)17-14(25)16-9(20)7-19-10(21)5-6-11(19)22/h4-7H2,1-3H3,(H,16,20,25)/b17-15-. The number of hydrogen-bond acceptors (Lipinski definition) is 7. The molecule has 2 rings (SSSR count). The molecule has 2 heterocycles. The number of likely N-dealkylation sites (tertiary alicyclic amines) is 1. The number of amides is 3. The number of thiocarbonyl (C=S) groups is 1. The molecule has 140 valence electrons. The lowest BCUT2D eigenvalue weighted by atomic mass is 10.4. The number of thiazole rings is 1. The average Bonchev–Trinajstić information content (AvgIpc) is 3.03. The second-order valence-corrected chi connectivity index (χ2v) is 6.78. The zero-order chi connectivity index (χ0) is 19.4. The molecule has 0 bridgehead atoms. The molecule has 0 saturated carbocycles. The fourth-order valence-electron chi connectivity index (χ4n) is 2.23. The maximum absolute atomic E-state index is 12.0. The summed E-state index contributed by atoms with van der Waals surface area (Å²) >= 11 is 6.12. The first kappa shape index (κ1) is 19.9. The molecule has 0 aliphatic carbocycles. The summed E-state index contributed by atoms with van der Waals surface area (Å²) in [4.78, 5) is 52.7. The van der Waals surface area contributed by atoms with Crippen LogP contribution in [0.25, 0.3) is 0 Å². The van der Waals surface area contributed by atoms with Gasteiger partial charge in [-0.2, -0.15) is 4.99 Å². The molecule has 1 aliphatic heterocycles. The van der Waals surface area contributed by atoms with Crippen molar-refractivity contribution < 1.29 is 23.9 Å². The van der Waals surface area contributed by atoms with E-state index in [-0.39, 0.29) is 36.4 Å². The zero-order valence-corrected chi connectivity index (χ0v) is 16.2. The number of nitrogens with zero attached hydrogens (tertiary/aromatic N) is 3. The molecular weight excluding hydrogens is 380 g/mol. The zero-order valence-electron chi connectivity index (χ0n) is 14.5. The highest BCUT2D eigenvalue weighted by Crippen LogP contribution is 2.12. The van der Waals surface area contributed by atoms with Crippen LogP contribution in [0.5, 0.6) is 0 Å². The molecule has 1 fully saturated rings. The molecule has 1 aromatic rings. The Kier molecular flexibility index (Phi) is 6.37. The Labute approximate surface area is 158 Å². The third-order valence-corrected chi connectivity index (χ3v) is 5.08. The number of esters is 1. The summed E-state index contributed by atoms with van der Waals surface area (Å²) < 4.78 is 6.64. The van der Waals surface area contributed by atoms with Gasteiger partial charge in [0.15, 0.2) is 4.80 Å². The van der Waals surface area contributed by atoms with Gasteiger partial charge in [-0.25, -0.2) is 4.79 Å². The Morgan fingerprint density at radius 1 is 1.31 bits per heavy atom. The summed E-state index contributed by atoms with van der Waals surface area (Å²) in [6.45, 7) is 3.33. The van der Waals surface area contributed by atoms with Crippen LogP contribution in [0.1, 0.15) is 35.1 Å². The van der Waals surface area contributed by atoms with Crippen LogP contribution >= 0.6 is 23.6 Å². The van der Waals surface area contributed by atoms with Gasteiger partial charge in [-0.15, -0.1) is 0 Å². The molecule has 3 amide bonds. The van der Waals surface area contributed by atoms with Crippen molar-refractivity contribution in [2.75, 3.05) is 13.2 Å². The third kappa shape index (κ3) is 4.41. The Bertz CT molecular complexity index is 839. The predicted molar refractivity (Wildman–Crippen MR) is 96.2 cm³/mol. The van der Waals surface area contributed by atoms with Gasteiger partial charge in [0.25, 0.3) is 0 Å². The largest absolute Gasteiger partial charge is 0.462 e. The van der Waals surface area contributed by atoms with Crippen LogP contribution in [0.2, 0.25) is 0 Å². The highest BCUT2D eigenvalue weighted by molar-refractivity contribution is 7.80. The third-order valence-electron chi connectivity index (χ3n) is 3.67. The maximum atomic E-state index is 12.0. The van der Waals surface area contributed by atoms with Crippen LogP contribution < -0.4 is 10.1 Å². The summed E-state index contributed by atoms with van der Waals surface area (Å²) in [6, 6.07) is 0. The summed E-state index contributed by atoms with van der Waals surface area (Å²) in [6.07, 6.45) is 0.226. The lowest BCUT2D eigenvalue weighted by Gasteiger charge is -2.12. The highest BCUT2D eigenvalue weighted by Gasteiger charge is 2.30. The normalized spacial score (nSPS) is 14.7. The van der Waals surface area contributed by atoms with Gasteiger partial charge < -0.3 is 9.30 Å². The van der Waals surface area contributed by atoms with Crippen molar-refractivity contribution in [3.05, 3.63) is 15.4 Å². The van der Waals surface area contributed by atoms with Gasteiger partial charge >= 0.3 is 5.97 Å². The van der Waals surface area contributed by atoms with Crippen molar-refractivity contribution in [3.63, 3.8) is 0 Å². The van der Waals surface area contributed by atoms with E-state index in [4.69, 9.17) is 17.0 Å². The number of rotatable bonds is 4. The van der Waals surface area contributed by atoms with Crippen molar-refractivity contribution in [1.29, 1.82) is 0 Å². The molecule has 0 atom stereocenters. The first-order valence-electron chi connectivity index (χ1n) is 7.79. The van der Waals surface area contributed by atoms with Crippen molar-refractivity contribution in [3.8, 4) is 0 Å². The van der Waals surface area contributed by atoms with E-state index >= 15 is 0 Å². The molecule has 1 aromatic heterocycles. The molecule has 0 spiro atoms. The van der Waals surface area contributed by atoms with Crippen molar-refractivity contribution in [1.82, 2.24) is 14.8 Å². The minimum atomic E-state index is -0.608. The first-order chi connectivity index (χ1) is 12.2. The first-order valence-corrected chi connectivity index (χ1v) is 9.02. The lowest BCUT2D eigenvalue weighted by Crippen LogP contribution is -2.41. The second-order valence-electron chi connectivity index (χ2n) is 5.42. The van der Waals surface area contributed by atoms with E-state index < -0.39 is 18.4 Å². The topological polar surface area (TPSA) is 110 Å². The van der Waals surface area contributed by atoms with Crippen LogP contribution in [-0.2, 0) is 26.2 Å². The Balaban J connectivity index is 2.10. The molecule has 0 unspecified atom stereocenters. The predicted octanol–water partition coefficient (Wildman–Crippen LogP) is 0.0225. The van der Waals surface area contributed by atoms with E-state index in [2.05, 4.69) is 10.3 Å². The Hall–Kier alpha value is -2.40. The number of nitrogens with one attached hydrogen (secondary N) is 1. The molecule has 0 radical (unpaired) electrons. The number of aromatic nitrogens is 1. The van der Waals surface area contributed by atoms with Crippen LogP contribution in [0.15, 0.2) is 4.99 Å².